The SMILES string of the molecule is CN(C)C1(N)CCC1. The smallest absolute Gasteiger partial charge is 0.0682 e. The van der Waals surface area contributed by atoms with Gasteiger partial charge in [-0.1, -0.05) is 0 Å². The maximum atomic E-state index is 5.87. The zero-order valence-corrected chi connectivity index (χ0v) is 5.65. The molecule has 0 aromatic rings. The molecule has 0 spiro atoms. The van der Waals surface area contributed by atoms with Crippen molar-refractivity contribution in [3.8, 4) is 0 Å². The minimum atomic E-state index is 0.0556. The van der Waals surface area contributed by atoms with Crippen molar-refractivity contribution < 1.29 is 0 Å². The van der Waals surface area contributed by atoms with Crippen molar-refractivity contribution in [2.75, 3.05) is 14.1 Å². The minimum Gasteiger partial charge on any atom is -0.313 e. The third-order valence-electron chi connectivity index (χ3n) is 2.11. The summed E-state index contributed by atoms with van der Waals surface area (Å²) in [5.41, 5.74) is 5.93. The predicted octanol–water partition coefficient (Wildman–Crippen LogP) is 0.387. The second-order valence-electron chi connectivity index (χ2n) is 2.85. The molecule has 0 saturated heterocycles. The summed E-state index contributed by atoms with van der Waals surface area (Å²) in [5, 5.41) is 0. The van der Waals surface area contributed by atoms with Gasteiger partial charge in [-0.05, 0) is 33.4 Å². The molecule has 0 radical (unpaired) electrons. The summed E-state index contributed by atoms with van der Waals surface area (Å²) < 4.78 is 0. The Morgan fingerprint density at radius 3 is 1.88 bits per heavy atom. The fraction of sp³-hybridized carbons (Fsp3) is 1.00. The summed E-state index contributed by atoms with van der Waals surface area (Å²) in [4.78, 5) is 2.11. The molecule has 2 heteroatoms. The van der Waals surface area contributed by atoms with Crippen molar-refractivity contribution in [1.82, 2.24) is 4.90 Å². The monoisotopic (exact) mass is 114 g/mol. The lowest BCUT2D eigenvalue weighted by Gasteiger charge is -2.43. The van der Waals surface area contributed by atoms with Gasteiger partial charge < -0.3 is 5.73 Å². The number of hydrogen-bond acceptors (Lipinski definition) is 2. The van der Waals surface area contributed by atoms with Crippen LogP contribution in [0.5, 0.6) is 0 Å². The Morgan fingerprint density at radius 1 is 1.38 bits per heavy atom. The summed E-state index contributed by atoms with van der Waals surface area (Å²) in [6, 6.07) is 0. The molecule has 0 heterocycles. The van der Waals surface area contributed by atoms with Crippen LogP contribution in [0.4, 0.5) is 0 Å². The van der Waals surface area contributed by atoms with Crippen molar-refractivity contribution in [2.45, 2.75) is 24.9 Å². The van der Waals surface area contributed by atoms with Crippen LogP contribution in [-0.2, 0) is 0 Å². The molecule has 0 unspecified atom stereocenters. The summed E-state index contributed by atoms with van der Waals surface area (Å²) in [5.74, 6) is 0. The van der Waals surface area contributed by atoms with Crippen molar-refractivity contribution in [3.05, 3.63) is 0 Å². The average molecular weight is 114 g/mol. The van der Waals surface area contributed by atoms with Gasteiger partial charge >= 0.3 is 0 Å². The van der Waals surface area contributed by atoms with Gasteiger partial charge in [-0.2, -0.15) is 0 Å². The molecule has 1 saturated carbocycles. The second kappa shape index (κ2) is 1.71. The van der Waals surface area contributed by atoms with E-state index in [1.54, 1.807) is 0 Å². The van der Waals surface area contributed by atoms with E-state index in [9.17, 15) is 0 Å². The first kappa shape index (κ1) is 6.05. The van der Waals surface area contributed by atoms with Gasteiger partial charge in [0.05, 0.1) is 5.66 Å². The Kier molecular flexibility index (Phi) is 1.29. The van der Waals surface area contributed by atoms with E-state index in [1.165, 1.54) is 19.3 Å². The van der Waals surface area contributed by atoms with Crippen LogP contribution in [0, 0.1) is 0 Å². The lowest BCUT2D eigenvalue weighted by molar-refractivity contribution is 0.0674. The maximum Gasteiger partial charge on any atom is 0.0682 e. The quantitative estimate of drug-likeness (QED) is 0.499. The predicted molar refractivity (Wildman–Crippen MR) is 34.5 cm³/mol. The molecule has 0 bridgehead atoms. The van der Waals surface area contributed by atoms with Gasteiger partial charge in [0.1, 0.15) is 0 Å². The lowest BCUT2D eigenvalue weighted by atomic mass is 9.85. The van der Waals surface area contributed by atoms with Crippen LogP contribution in [0.1, 0.15) is 19.3 Å². The fourth-order valence-corrected chi connectivity index (χ4v) is 0.986. The van der Waals surface area contributed by atoms with Gasteiger partial charge in [-0.3, -0.25) is 4.90 Å². The summed E-state index contributed by atoms with van der Waals surface area (Å²) in [6.07, 6.45) is 3.63. The van der Waals surface area contributed by atoms with Crippen molar-refractivity contribution in [2.24, 2.45) is 5.73 Å². The van der Waals surface area contributed by atoms with E-state index >= 15 is 0 Å². The number of nitrogens with two attached hydrogens (primary N) is 1. The highest BCUT2D eigenvalue weighted by Crippen LogP contribution is 2.30. The van der Waals surface area contributed by atoms with Crippen LogP contribution in [-0.4, -0.2) is 24.7 Å². The third-order valence-corrected chi connectivity index (χ3v) is 2.11. The van der Waals surface area contributed by atoms with E-state index in [1.807, 2.05) is 14.1 Å². The molecule has 2 N–H and O–H groups in total. The molecular formula is C6H14N2. The van der Waals surface area contributed by atoms with Crippen LogP contribution in [0.15, 0.2) is 0 Å². The van der Waals surface area contributed by atoms with Gasteiger partial charge in [-0.15, -0.1) is 0 Å². The van der Waals surface area contributed by atoms with E-state index < -0.39 is 0 Å². The normalized spacial score (nSPS) is 25.5. The third kappa shape index (κ3) is 0.740. The molecule has 1 rings (SSSR count). The molecule has 0 aromatic heterocycles. The molecule has 0 atom stereocenters. The van der Waals surface area contributed by atoms with E-state index in [0.29, 0.717) is 0 Å². The van der Waals surface area contributed by atoms with Crippen molar-refractivity contribution >= 4 is 0 Å². The van der Waals surface area contributed by atoms with Gasteiger partial charge in [0.2, 0.25) is 0 Å². The van der Waals surface area contributed by atoms with E-state index in [2.05, 4.69) is 4.90 Å². The topological polar surface area (TPSA) is 29.3 Å². The van der Waals surface area contributed by atoms with E-state index in [4.69, 9.17) is 5.73 Å². The Balaban J connectivity index is 2.41. The largest absolute Gasteiger partial charge is 0.313 e. The molecule has 0 amide bonds. The Bertz CT molecular complexity index is 84.5. The summed E-state index contributed by atoms with van der Waals surface area (Å²) in [7, 11) is 4.08. The molecule has 48 valence electrons. The lowest BCUT2D eigenvalue weighted by Crippen LogP contribution is -2.57. The fourth-order valence-electron chi connectivity index (χ4n) is 0.986. The molecule has 2 nitrogen and oxygen atoms in total. The molecule has 8 heavy (non-hydrogen) atoms. The van der Waals surface area contributed by atoms with E-state index in [-0.39, 0.29) is 5.66 Å². The summed E-state index contributed by atoms with van der Waals surface area (Å²) in [6.45, 7) is 0. The molecule has 1 fully saturated rings. The number of rotatable bonds is 1. The first-order chi connectivity index (χ1) is 3.65. The second-order valence-corrected chi connectivity index (χ2v) is 2.85. The molecule has 0 aromatic carbocycles. The van der Waals surface area contributed by atoms with Crippen LogP contribution in [0.3, 0.4) is 0 Å². The highest BCUT2D eigenvalue weighted by atomic mass is 15.2. The Morgan fingerprint density at radius 2 is 1.88 bits per heavy atom. The zero-order valence-electron chi connectivity index (χ0n) is 5.65. The zero-order chi connectivity index (χ0) is 6.20. The van der Waals surface area contributed by atoms with Crippen LogP contribution in [0.2, 0.25) is 0 Å². The summed E-state index contributed by atoms with van der Waals surface area (Å²) >= 11 is 0. The van der Waals surface area contributed by atoms with E-state index in [0.717, 1.165) is 0 Å². The molecular weight excluding hydrogens is 100 g/mol. The van der Waals surface area contributed by atoms with Crippen molar-refractivity contribution in [1.29, 1.82) is 0 Å². The van der Waals surface area contributed by atoms with Gasteiger partial charge in [0.15, 0.2) is 0 Å². The molecule has 0 aliphatic heterocycles. The standard InChI is InChI=1S/C6H14N2/c1-8(2)6(7)4-3-5-6/h3-5,7H2,1-2H3. The van der Waals surface area contributed by atoms with Crippen LogP contribution >= 0.6 is 0 Å². The minimum absolute atomic E-state index is 0.0556. The number of nitrogens with zero attached hydrogens (tertiary/aromatic N) is 1. The first-order valence-electron chi connectivity index (χ1n) is 3.11. The van der Waals surface area contributed by atoms with Crippen LogP contribution in [0.25, 0.3) is 0 Å². The molecule has 1 aliphatic rings. The van der Waals surface area contributed by atoms with Gasteiger partial charge in [0.25, 0.3) is 0 Å². The highest BCUT2D eigenvalue weighted by Gasteiger charge is 2.34. The highest BCUT2D eigenvalue weighted by molar-refractivity contribution is 4.89. The Hall–Kier alpha value is -0.0800. The first-order valence-corrected chi connectivity index (χ1v) is 3.11. The average Bonchev–Trinajstić information content (AvgIpc) is 1.60. The van der Waals surface area contributed by atoms with Gasteiger partial charge in [0, 0.05) is 0 Å². The van der Waals surface area contributed by atoms with Crippen molar-refractivity contribution in [3.63, 3.8) is 0 Å². The van der Waals surface area contributed by atoms with Gasteiger partial charge in [-0.25, -0.2) is 0 Å². The Labute approximate surface area is 50.7 Å². The molecule has 1 aliphatic carbocycles. The van der Waals surface area contributed by atoms with Crippen LogP contribution < -0.4 is 5.73 Å². The maximum absolute atomic E-state index is 5.87. The number of hydrogen-bond donors (Lipinski definition) is 1.